The van der Waals surface area contributed by atoms with E-state index in [0.717, 1.165) is 38.5 Å². The molecule has 0 aromatic heterocycles. The van der Waals surface area contributed by atoms with E-state index >= 15 is 0 Å². The molecule has 3 aliphatic heterocycles. The van der Waals surface area contributed by atoms with Gasteiger partial charge < -0.3 is 18.7 Å². The van der Waals surface area contributed by atoms with Crippen LogP contribution in [0.1, 0.15) is 95.6 Å². The third kappa shape index (κ3) is 5.65. The number of quaternary nitrogens is 1. The molecule has 42 heavy (non-hydrogen) atoms. The topological polar surface area (TPSA) is 61.8 Å². The molecule has 1 saturated carbocycles. The normalized spacial score (nSPS) is 26.0. The number of esters is 2. The van der Waals surface area contributed by atoms with E-state index in [2.05, 4.69) is 0 Å². The van der Waals surface area contributed by atoms with Crippen LogP contribution in [-0.4, -0.2) is 54.0 Å². The molecule has 6 heteroatoms. The molecular weight excluding hydrogens is 526 g/mol. The Bertz CT molecular complexity index is 1150. The molecule has 1 spiro atoms. The van der Waals surface area contributed by atoms with E-state index in [1.807, 2.05) is 74.5 Å². The van der Waals surface area contributed by atoms with Crippen LogP contribution in [0.15, 0.2) is 60.7 Å². The molecule has 6 nitrogen and oxygen atoms in total. The number of carbonyl (C=O) groups excluding carboxylic acids is 2. The highest BCUT2D eigenvalue weighted by atomic mass is 16.7. The van der Waals surface area contributed by atoms with Crippen molar-refractivity contribution in [2.75, 3.05) is 13.1 Å². The van der Waals surface area contributed by atoms with Crippen LogP contribution >= 0.6 is 0 Å². The number of nitrogens with zero attached hydrogens (tertiary/aromatic N) is 1. The van der Waals surface area contributed by atoms with Gasteiger partial charge in [-0.1, -0.05) is 87.4 Å². The fraction of sp³-hybridized carbons (Fsp3) is 0.611. The van der Waals surface area contributed by atoms with Crippen molar-refractivity contribution in [3.05, 3.63) is 71.8 Å². The van der Waals surface area contributed by atoms with Gasteiger partial charge in [-0.05, 0) is 29.9 Å². The monoisotopic (exact) mass is 574 g/mol. The van der Waals surface area contributed by atoms with Gasteiger partial charge in [-0.2, -0.15) is 0 Å². The largest absolute Gasteiger partial charge is 0.459 e. The summed E-state index contributed by atoms with van der Waals surface area (Å²) in [5.41, 5.74) is -0.151. The number of piperidine rings is 1. The van der Waals surface area contributed by atoms with Gasteiger partial charge in [0.15, 0.2) is 0 Å². The third-order valence-corrected chi connectivity index (χ3v) is 10.6. The zero-order valence-corrected chi connectivity index (χ0v) is 25.4. The summed E-state index contributed by atoms with van der Waals surface area (Å²) in [6.45, 7) is 6.58. The van der Waals surface area contributed by atoms with Crippen molar-refractivity contribution in [1.29, 1.82) is 0 Å². The molecule has 0 radical (unpaired) electrons. The third-order valence-electron chi connectivity index (χ3n) is 10.6. The summed E-state index contributed by atoms with van der Waals surface area (Å²) in [6, 6.07) is 20.5. The lowest BCUT2D eigenvalue weighted by molar-refractivity contribution is -0.956. The lowest BCUT2D eigenvalue weighted by Gasteiger charge is -2.47. The van der Waals surface area contributed by atoms with Gasteiger partial charge in [-0.3, -0.25) is 4.79 Å². The van der Waals surface area contributed by atoms with Gasteiger partial charge in [0, 0.05) is 50.9 Å². The van der Waals surface area contributed by atoms with Gasteiger partial charge in [0.05, 0.1) is 25.2 Å². The average Bonchev–Trinajstić information content (AvgIpc) is 3.73. The van der Waals surface area contributed by atoms with Crippen molar-refractivity contribution >= 4 is 11.9 Å². The van der Waals surface area contributed by atoms with Crippen LogP contribution in [0.2, 0.25) is 0 Å². The van der Waals surface area contributed by atoms with Crippen LogP contribution in [0.4, 0.5) is 0 Å². The summed E-state index contributed by atoms with van der Waals surface area (Å²) in [7, 11) is 0. The van der Waals surface area contributed by atoms with Crippen LogP contribution in [0, 0.1) is 11.8 Å². The molecule has 4 aliphatic rings. The molecule has 6 rings (SSSR count). The van der Waals surface area contributed by atoms with Gasteiger partial charge >= 0.3 is 11.9 Å². The minimum Gasteiger partial charge on any atom is -0.459 e. The number of carbonyl (C=O) groups is 2. The number of ether oxygens (including phenoxy) is 3. The Hall–Kier alpha value is -2.70. The van der Waals surface area contributed by atoms with E-state index in [4.69, 9.17) is 14.2 Å². The van der Waals surface area contributed by atoms with Crippen molar-refractivity contribution in [3.63, 3.8) is 0 Å². The Labute approximate surface area is 251 Å². The van der Waals surface area contributed by atoms with Crippen LogP contribution < -0.4 is 0 Å². The second-order valence-electron chi connectivity index (χ2n) is 13.7. The highest BCUT2D eigenvalue weighted by Crippen LogP contribution is 2.47. The van der Waals surface area contributed by atoms with E-state index < -0.39 is 17.9 Å². The molecule has 2 bridgehead atoms. The Morgan fingerprint density at radius 3 is 1.88 bits per heavy atom. The predicted molar refractivity (Wildman–Crippen MR) is 161 cm³/mol. The summed E-state index contributed by atoms with van der Waals surface area (Å²) >= 11 is 0. The van der Waals surface area contributed by atoms with E-state index in [9.17, 15) is 9.59 Å². The van der Waals surface area contributed by atoms with Gasteiger partial charge in [0.25, 0.3) is 0 Å². The smallest absolute Gasteiger partial charge is 0.348 e. The van der Waals surface area contributed by atoms with Crippen LogP contribution in [0.25, 0.3) is 0 Å². The molecule has 2 aromatic carbocycles. The first kappa shape index (κ1) is 29.4. The second kappa shape index (κ2) is 12.5. The minimum absolute atomic E-state index is 0.0331. The molecule has 3 unspecified atom stereocenters. The summed E-state index contributed by atoms with van der Waals surface area (Å²) in [5, 5.41) is 0. The lowest BCUT2D eigenvalue weighted by Crippen LogP contribution is -2.60. The molecule has 1 aliphatic carbocycles. The van der Waals surface area contributed by atoms with Crippen molar-refractivity contribution in [2.24, 2.45) is 11.8 Å². The lowest BCUT2D eigenvalue weighted by atomic mass is 9.85. The predicted octanol–water partition coefficient (Wildman–Crippen LogP) is 6.90. The van der Waals surface area contributed by atoms with Gasteiger partial charge in [-0.25, -0.2) is 4.79 Å². The summed E-state index contributed by atoms with van der Waals surface area (Å²) in [6.07, 6.45) is 10.2. The number of benzene rings is 2. The molecule has 0 amide bonds. The molecule has 226 valence electrons. The molecule has 0 N–H and O–H groups in total. The van der Waals surface area contributed by atoms with E-state index in [0.29, 0.717) is 29.6 Å². The maximum absolute atomic E-state index is 14.8. The maximum atomic E-state index is 14.8. The van der Waals surface area contributed by atoms with Crippen molar-refractivity contribution < 1.29 is 28.3 Å². The Morgan fingerprint density at radius 2 is 1.36 bits per heavy atom. The highest BCUT2D eigenvalue weighted by molar-refractivity contribution is 5.86. The van der Waals surface area contributed by atoms with Gasteiger partial charge in [0.1, 0.15) is 6.10 Å². The minimum atomic E-state index is -1.55. The summed E-state index contributed by atoms with van der Waals surface area (Å²) < 4.78 is 20.9. The van der Waals surface area contributed by atoms with E-state index in [1.165, 1.54) is 43.3 Å². The zero-order valence-electron chi connectivity index (χ0n) is 25.4. The first-order valence-electron chi connectivity index (χ1n) is 16.5. The van der Waals surface area contributed by atoms with Crippen LogP contribution in [-0.2, 0) is 29.4 Å². The maximum Gasteiger partial charge on any atom is 0.348 e. The standard InChI is InChI=1S/C36H48NO5/c1-26(2)23-33(38)41-34(27-13-9-10-14-27)42-36(28-15-5-3-6-16-28,29-17-7-4-8-18-29)35(39)40-32-24-30-19-20-31(25-32)37(30)21-11-12-22-37/h3-8,15-18,26-27,30-32,34H,9-14,19-25H2,1-2H3/q+1. The van der Waals surface area contributed by atoms with Crippen LogP contribution in [0.3, 0.4) is 0 Å². The molecule has 4 fully saturated rings. The first-order chi connectivity index (χ1) is 20.4. The zero-order chi connectivity index (χ0) is 29.2. The number of hydrogen-bond acceptors (Lipinski definition) is 5. The highest BCUT2D eigenvalue weighted by Gasteiger charge is 2.57. The SMILES string of the molecule is CC(C)CC(=O)OC(OC(C(=O)OC1CC2CCC(C1)[N+]21CCCC1)(c1ccccc1)c1ccccc1)C1CCCC1. The first-order valence-corrected chi connectivity index (χ1v) is 16.5. The number of rotatable bonds is 10. The van der Waals surface area contributed by atoms with Crippen molar-refractivity contribution in [2.45, 2.75) is 115 Å². The molecule has 3 heterocycles. The molecule has 3 saturated heterocycles. The molecule has 3 atom stereocenters. The molecular formula is C36H48NO5+. The summed E-state index contributed by atoms with van der Waals surface area (Å²) in [5.74, 6) is -0.482. The van der Waals surface area contributed by atoms with E-state index in [-0.39, 0.29) is 23.9 Å². The van der Waals surface area contributed by atoms with Gasteiger partial charge in [-0.15, -0.1) is 0 Å². The van der Waals surface area contributed by atoms with Crippen LogP contribution in [0.5, 0.6) is 0 Å². The molecule has 2 aromatic rings. The van der Waals surface area contributed by atoms with Gasteiger partial charge in [0.2, 0.25) is 11.9 Å². The Kier molecular flexibility index (Phi) is 8.74. The Balaban J connectivity index is 1.35. The summed E-state index contributed by atoms with van der Waals surface area (Å²) in [4.78, 5) is 27.9. The van der Waals surface area contributed by atoms with Crippen molar-refractivity contribution in [1.82, 2.24) is 0 Å². The fourth-order valence-electron chi connectivity index (χ4n) is 8.60. The fourth-order valence-corrected chi connectivity index (χ4v) is 8.60. The van der Waals surface area contributed by atoms with E-state index in [1.54, 1.807) is 0 Å². The quantitative estimate of drug-likeness (QED) is 0.176. The Morgan fingerprint density at radius 1 is 0.810 bits per heavy atom. The average molecular weight is 575 g/mol. The second-order valence-corrected chi connectivity index (χ2v) is 13.7. The van der Waals surface area contributed by atoms with Crippen molar-refractivity contribution in [3.8, 4) is 0 Å². The number of hydrogen-bond donors (Lipinski definition) is 0.